The fourth-order valence-electron chi connectivity index (χ4n) is 3.92. The quantitative estimate of drug-likeness (QED) is 0.813. The van der Waals surface area contributed by atoms with E-state index in [9.17, 15) is 0 Å². The van der Waals surface area contributed by atoms with Gasteiger partial charge in [-0.05, 0) is 37.7 Å². The van der Waals surface area contributed by atoms with Gasteiger partial charge in [-0.15, -0.1) is 0 Å². The van der Waals surface area contributed by atoms with E-state index in [1.165, 1.54) is 43.2 Å². The first-order valence-electron chi connectivity index (χ1n) is 8.19. The average Bonchev–Trinajstić information content (AvgIpc) is 2.55. The molecule has 110 valence electrons. The predicted molar refractivity (Wildman–Crippen MR) is 88.8 cm³/mol. The second kappa shape index (κ2) is 4.90. The highest BCUT2D eigenvalue weighted by molar-refractivity contribution is 5.98. The van der Waals surface area contributed by atoms with Gasteiger partial charge in [-0.2, -0.15) is 0 Å². The fraction of sp³-hybridized carbons (Fsp3) is 0.500. The van der Waals surface area contributed by atoms with Crippen LogP contribution in [-0.4, -0.2) is 17.1 Å². The number of anilines is 2. The maximum Gasteiger partial charge on any atom is 0.0770 e. The van der Waals surface area contributed by atoms with Crippen LogP contribution in [0.2, 0.25) is 0 Å². The number of rotatable bonds is 1. The molecule has 0 saturated heterocycles. The van der Waals surface area contributed by atoms with Crippen LogP contribution in [-0.2, 0) is 0 Å². The molecule has 1 spiro atoms. The van der Waals surface area contributed by atoms with E-state index in [1.807, 2.05) is 6.20 Å². The van der Waals surface area contributed by atoms with Crippen LogP contribution in [0.1, 0.15) is 39.0 Å². The zero-order valence-electron chi connectivity index (χ0n) is 12.7. The monoisotopic (exact) mass is 281 g/mol. The molecule has 1 aromatic heterocycles. The number of hydrogen-bond acceptors (Lipinski definition) is 3. The molecule has 2 heterocycles. The predicted octanol–water partition coefficient (Wildman–Crippen LogP) is 4.41. The van der Waals surface area contributed by atoms with Crippen LogP contribution in [0.15, 0.2) is 30.5 Å². The van der Waals surface area contributed by atoms with Crippen molar-refractivity contribution >= 4 is 22.3 Å². The highest BCUT2D eigenvalue weighted by Crippen LogP contribution is 2.42. The Hall–Kier alpha value is -1.77. The minimum atomic E-state index is 0.239. The van der Waals surface area contributed by atoms with Gasteiger partial charge in [-0.25, -0.2) is 0 Å². The lowest BCUT2D eigenvalue weighted by Crippen LogP contribution is -2.50. The van der Waals surface area contributed by atoms with Crippen molar-refractivity contribution in [2.24, 2.45) is 5.92 Å². The van der Waals surface area contributed by atoms with Crippen molar-refractivity contribution < 1.29 is 0 Å². The Balaban J connectivity index is 1.69. The van der Waals surface area contributed by atoms with E-state index in [4.69, 9.17) is 0 Å². The van der Waals surface area contributed by atoms with Crippen molar-refractivity contribution in [3.05, 3.63) is 30.5 Å². The van der Waals surface area contributed by atoms with Crippen LogP contribution in [0.3, 0.4) is 0 Å². The van der Waals surface area contributed by atoms with Gasteiger partial charge in [-0.3, -0.25) is 4.98 Å². The Kier molecular flexibility index (Phi) is 3.02. The maximum atomic E-state index is 4.55. The van der Waals surface area contributed by atoms with Gasteiger partial charge in [0.05, 0.1) is 28.6 Å². The number of nitrogens with zero attached hydrogens (tertiary/aromatic N) is 1. The summed E-state index contributed by atoms with van der Waals surface area (Å²) in [6, 6.07) is 8.42. The van der Waals surface area contributed by atoms with Crippen molar-refractivity contribution in [3.8, 4) is 0 Å². The first-order valence-corrected chi connectivity index (χ1v) is 8.19. The second-order valence-corrected chi connectivity index (χ2v) is 6.67. The summed E-state index contributed by atoms with van der Waals surface area (Å²) in [7, 11) is 0. The van der Waals surface area contributed by atoms with E-state index in [-0.39, 0.29) is 5.54 Å². The Morgan fingerprint density at radius 3 is 2.86 bits per heavy atom. The highest BCUT2D eigenvalue weighted by atomic mass is 15.1. The van der Waals surface area contributed by atoms with Gasteiger partial charge in [-0.1, -0.05) is 31.5 Å². The summed E-state index contributed by atoms with van der Waals surface area (Å²) in [6.07, 6.45) is 8.54. The van der Waals surface area contributed by atoms with Crippen molar-refractivity contribution in [3.63, 3.8) is 0 Å². The average molecular weight is 281 g/mol. The molecule has 2 aliphatic rings. The molecular formula is C18H23N3. The smallest absolute Gasteiger partial charge is 0.0770 e. The maximum absolute atomic E-state index is 4.55. The van der Waals surface area contributed by atoms with Gasteiger partial charge in [0, 0.05) is 11.9 Å². The molecule has 4 rings (SSSR count). The van der Waals surface area contributed by atoms with E-state index in [0.29, 0.717) is 0 Å². The van der Waals surface area contributed by atoms with Gasteiger partial charge in [0.2, 0.25) is 0 Å². The molecule has 1 aliphatic heterocycles. The van der Waals surface area contributed by atoms with Crippen LogP contribution in [0.5, 0.6) is 0 Å². The lowest BCUT2D eigenvalue weighted by molar-refractivity contribution is 0.256. The van der Waals surface area contributed by atoms with Crippen molar-refractivity contribution in [1.82, 2.24) is 4.98 Å². The third-order valence-electron chi connectivity index (χ3n) is 5.42. The molecular weight excluding hydrogens is 258 g/mol. The van der Waals surface area contributed by atoms with E-state index >= 15 is 0 Å². The second-order valence-electron chi connectivity index (χ2n) is 6.67. The SMILES string of the molecule is CCC1CCC2(CC1)CNc1cnc3ccccc3c1N2. The summed E-state index contributed by atoms with van der Waals surface area (Å²) in [6.45, 7) is 3.35. The van der Waals surface area contributed by atoms with Gasteiger partial charge < -0.3 is 10.6 Å². The molecule has 1 aliphatic carbocycles. The van der Waals surface area contributed by atoms with E-state index in [2.05, 4.69) is 46.8 Å². The van der Waals surface area contributed by atoms with Crippen LogP contribution in [0.25, 0.3) is 10.9 Å². The molecule has 0 atom stereocenters. The topological polar surface area (TPSA) is 37.0 Å². The third kappa shape index (κ3) is 2.15. The van der Waals surface area contributed by atoms with Gasteiger partial charge in [0.1, 0.15) is 0 Å². The van der Waals surface area contributed by atoms with Crippen LogP contribution >= 0.6 is 0 Å². The molecule has 2 aromatic rings. The number of fused-ring (bicyclic) bond motifs is 3. The summed E-state index contributed by atoms with van der Waals surface area (Å²) in [5.41, 5.74) is 3.71. The third-order valence-corrected chi connectivity index (χ3v) is 5.42. The Bertz CT molecular complexity index is 657. The zero-order valence-corrected chi connectivity index (χ0v) is 12.7. The van der Waals surface area contributed by atoms with Gasteiger partial charge >= 0.3 is 0 Å². The largest absolute Gasteiger partial charge is 0.380 e. The molecule has 0 unspecified atom stereocenters. The minimum absolute atomic E-state index is 0.239. The zero-order chi connectivity index (χ0) is 14.3. The molecule has 3 heteroatoms. The Morgan fingerprint density at radius 2 is 2.05 bits per heavy atom. The molecule has 0 radical (unpaired) electrons. The first-order chi connectivity index (χ1) is 10.3. The lowest BCUT2D eigenvalue weighted by atomic mass is 9.74. The normalized spacial score (nSPS) is 28.0. The number of para-hydroxylation sites is 1. The van der Waals surface area contributed by atoms with Gasteiger partial charge in [0.25, 0.3) is 0 Å². The van der Waals surface area contributed by atoms with Crippen LogP contribution in [0, 0.1) is 5.92 Å². The van der Waals surface area contributed by atoms with Crippen LogP contribution < -0.4 is 10.6 Å². The molecule has 21 heavy (non-hydrogen) atoms. The number of benzene rings is 1. The number of pyridine rings is 1. The molecule has 2 N–H and O–H groups in total. The van der Waals surface area contributed by atoms with E-state index < -0.39 is 0 Å². The standard InChI is InChI=1S/C18H23N3/c1-2-13-7-9-18(10-8-13)12-20-16-11-19-15-6-4-3-5-14(15)17(16)21-18/h3-6,11,13,20-21H,2,7-10,12H2,1H3. The van der Waals surface area contributed by atoms with E-state index in [0.717, 1.165) is 23.7 Å². The summed E-state index contributed by atoms with van der Waals surface area (Å²) >= 11 is 0. The van der Waals surface area contributed by atoms with Crippen molar-refractivity contribution in [2.45, 2.75) is 44.6 Å². The molecule has 1 fully saturated rings. The molecule has 3 nitrogen and oxygen atoms in total. The molecule has 0 amide bonds. The molecule has 1 saturated carbocycles. The van der Waals surface area contributed by atoms with E-state index in [1.54, 1.807) is 0 Å². The van der Waals surface area contributed by atoms with Crippen LogP contribution in [0.4, 0.5) is 11.4 Å². The first kappa shape index (κ1) is 12.9. The highest BCUT2D eigenvalue weighted by Gasteiger charge is 2.38. The molecule has 1 aromatic carbocycles. The number of hydrogen-bond donors (Lipinski definition) is 2. The number of nitrogens with one attached hydrogen (secondary N) is 2. The van der Waals surface area contributed by atoms with Gasteiger partial charge in [0.15, 0.2) is 0 Å². The summed E-state index contributed by atoms with van der Waals surface area (Å²) in [5, 5.41) is 8.76. The van der Waals surface area contributed by atoms with Crippen molar-refractivity contribution in [2.75, 3.05) is 17.2 Å². The Morgan fingerprint density at radius 1 is 1.24 bits per heavy atom. The number of aromatic nitrogens is 1. The summed E-state index contributed by atoms with van der Waals surface area (Å²) in [5.74, 6) is 0.924. The summed E-state index contributed by atoms with van der Waals surface area (Å²) in [4.78, 5) is 4.55. The Labute approximate surface area is 126 Å². The minimum Gasteiger partial charge on any atom is -0.380 e. The van der Waals surface area contributed by atoms with Crippen molar-refractivity contribution in [1.29, 1.82) is 0 Å². The molecule has 0 bridgehead atoms. The lowest BCUT2D eigenvalue weighted by Gasteiger charge is -2.45. The fourth-order valence-corrected chi connectivity index (χ4v) is 3.92. The summed E-state index contributed by atoms with van der Waals surface area (Å²) < 4.78 is 0.